The number of aliphatic hydroxyl groups excluding tert-OH is 2. The largest absolute Gasteiger partial charge is 0.462 e. The van der Waals surface area contributed by atoms with Crippen LogP contribution in [-0.2, 0) is 14.3 Å². The second-order valence-corrected chi connectivity index (χ2v) is 6.15. The molecule has 0 aromatic heterocycles. The lowest BCUT2D eigenvalue weighted by molar-refractivity contribution is -0.190. The number of carbonyl (C=O) groups excluding carboxylic acids is 1. The van der Waals surface area contributed by atoms with E-state index in [9.17, 15) is 15.0 Å². The van der Waals surface area contributed by atoms with E-state index in [0.717, 1.165) is 18.4 Å². The molecular formula is C15H24O5. The molecule has 4 atom stereocenters. The van der Waals surface area contributed by atoms with E-state index in [1.54, 1.807) is 0 Å². The van der Waals surface area contributed by atoms with Crippen LogP contribution in [0.3, 0.4) is 0 Å². The molecule has 0 aromatic carbocycles. The molecule has 1 aliphatic carbocycles. The Labute approximate surface area is 119 Å². The zero-order valence-electron chi connectivity index (χ0n) is 12.1. The predicted octanol–water partition coefficient (Wildman–Crippen LogP) is 1.44. The van der Waals surface area contributed by atoms with Crippen molar-refractivity contribution in [1.82, 2.24) is 0 Å². The zero-order valence-corrected chi connectivity index (χ0v) is 12.1. The van der Waals surface area contributed by atoms with Crippen molar-refractivity contribution in [2.24, 2.45) is 23.7 Å². The summed E-state index contributed by atoms with van der Waals surface area (Å²) in [5, 5.41) is 18.8. The van der Waals surface area contributed by atoms with Crippen LogP contribution in [0, 0.1) is 23.7 Å². The summed E-state index contributed by atoms with van der Waals surface area (Å²) in [6, 6.07) is 0. The molecule has 2 N–H and O–H groups in total. The van der Waals surface area contributed by atoms with Crippen molar-refractivity contribution in [3.05, 3.63) is 11.8 Å². The number of hydrogen-bond donors (Lipinski definition) is 2. The molecule has 1 fully saturated rings. The smallest absolute Gasteiger partial charge is 0.309 e. The normalized spacial score (nSPS) is 32.5. The van der Waals surface area contributed by atoms with Crippen LogP contribution in [-0.4, -0.2) is 35.7 Å². The van der Waals surface area contributed by atoms with Crippen molar-refractivity contribution in [2.45, 2.75) is 39.4 Å². The molecule has 5 heteroatoms. The number of hydrogen-bond acceptors (Lipinski definition) is 5. The topological polar surface area (TPSA) is 76.0 Å². The number of fused-ring (bicyclic) bond motifs is 1. The fourth-order valence-electron chi connectivity index (χ4n) is 3.27. The molecular weight excluding hydrogens is 260 g/mol. The van der Waals surface area contributed by atoms with E-state index in [1.165, 1.54) is 6.26 Å². The van der Waals surface area contributed by atoms with Crippen molar-refractivity contribution in [3.63, 3.8) is 0 Å². The van der Waals surface area contributed by atoms with Gasteiger partial charge in [0.05, 0.1) is 12.9 Å². The van der Waals surface area contributed by atoms with Crippen LogP contribution in [0.15, 0.2) is 11.8 Å². The molecule has 0 aromatic rings. The van der Waals surface area contributed by atoms with Crippen LogP contribution in [0.4, 0.5) is 0 Å². The van der Waals surface area contributed by atoms with Gasteiger partial charge in [0.15, 0.2) is 0 Å². The summed E-state index contributed by atoms with van der Waals surface area (Å²) in [5.41, 5.74) is 0.835. The first-order chi connectivity index (χ1) is 9.56. The highest BCUT2D eigenvalue weighted by atomic mass is 16.7. The summed E-state index contributed by atoms with van der Waals surface area (Å²) in [6.45, 7) is 3.93. The van der Waals surface area contributed by atoms with E-state index >= 15 is 0 Å². The highest BCUT2D eigenvalue weighted by Crippen LogP contribution is 2.46. The van der Waals surface area contributed by atoms with Gasteiger partial charge in [-0.3, -0.25) is 4.79 Å². The van der Waals surface area contributed by atoms with E-state index in [1.807, 2.05) is 13.8 Å². The molecule has 4 unspecified atom stereocenters. The average molecular weight is 284 g/mol. The van der Waals surface area contributed by atoms with Gasteiger partial charge in [-0.25, -0.2) is 0 Å². The first-order valence-electron chi connectivity index (χ1n) is 7.32. The highest BCUT2D eigenvalue weighted by Gasteiger charge is 2.47. The molecule has 1 saturated carbocycles. The molecule has 5 nitrogen and oxygen atoms in total. The third-order valence-electron chi connectivity index (χ3n) is 4.24. The van der Waals surface area contributed by atoms with Gasteiger partial charge in [-0.2, -0.15) is 0 Å². The lowest BCUT2D eigenvalue weighted by atomic mass is 9.83. The van der Waals surface area contributed by atoms with Crippen molar-refractivity contribution < 1.29 is 24.5 Å². The Morgan fingerprint density at radius 3 is 2.80 bits per heavy atom. The summed E-state index contributed by atoms with van der Waals surface area (Å²) in [7, 11) is 0. The molecule has 114 valence electrons. The number of ether oxygens (including phenoxy) is 2. The monoisotopic (exact) mass is 284 g/mol. The molecule has 1 aliphatic heterocycles. The van der Waals surface area contributed by atoms with Gasteiger partial charge >= 0.3 is 5.97 Å². The van der Waals surface area contributed by atoms with E-state index in [4.69, 9.17) is 9.47 Å². The SMILES string of the molecule is CC(C)CC(=O)OC1OC=C(CO)C2CCC(CO)C12. The minimum atomic E-state index is -0.638. The van der Waals surface area contributed by atoms with Gasteiger partial charge in [-0.15, -0.1) is 0 Å². The second-order valence-electron chi connectivity index (χ2n) is 6.15. The lowest BCUT2D eigenvalue weighted by Crippen LogP contribution is -2.39. The fourth-order valence-corrected chi connectivity index (χ4v) is 3.27. The van der Waals surface area contributed by atoms with Gasteiger partial charge in [0.25, 0.3) is 0 Å². The van der Waals surface area contributed by atoms with E-state index in [-0.39, 0.29) is 42.9 Å². The number of esters is 1. The van der Waals surface area contributed by atoms with Gasteiger partial charge in [0.1, 0.15) is 0 Å². The Morgan fingerprint density at radius 2 is 2.20 bits per heavy atom. The van der Waals surface area contributed by atoms with E-state index in [2.05, 4.69) is 0 Å². The van der Waals surface area contributed by atoms with Crippen LogP contribution in [0.25, 0.3) is 0 Å². The van der Waals surface area contributed by atoms with Crippen LogP contribution in [0.5, 0.6) is 0 Å². The molecule has 2 rings (SSSR count). The van der Waals surface area contributed by atoms with Gasteiger partial charge in [-0.05, 0) is 36.2 Å². The molecule has 0 bridgehead atoms. The van der Waals surface area contributed by atoms with Crippen LogP contribution in [0.2, 0.25) is 0 Å². The fraction of sp³-hybridized carbons (Fsp3) is 0.800. The Balaban J connectivity index is 2.08. The number of carbonyl (C=O) groups is 1. The first-order valence-corrected chi connectivity index (χ1v) is 7.32. The summed E-state index contributed by atoms with van der Waals surface area (Å²) in [5.74, 6) is 0.119. The van der Waals surface area contributed by atoms with Crippen LogP contribution >= 0.6 is 0 Å². The van der Waals surface area contributed by atoms with Gasteiger partial charge in [0, 0.05) is 18.9 Å². The average Bonchev–Trinajstić information content (AvgIpc) is 2.82. The van der Waals surface area contributed by atoms with Gasteiger partial charge in [0.2, 0.25) is 6.29 Å². The summed E-state index contributed by atoms with van der Waals surface area (Å²) >= 11 is 0. The molecule has 0 amide bonds. The molecule has 0 spiro atoms. The van der Waals surface area contributed by atoms with Gasteiger partial charge in [-0.1, -0.05) is 13.8 Å². The third kappa shape index (κ3) is 3.15. The van der Waals surface area contributed by atoms with E-state index < -0.39 is 6.29 Å². The third-order valence-corrected chi connectivity index (χ3v) is 4.24. The Bertz CT molecular complexity index is 376. The Morgan fingerprint density at radius 1 is 1.45 bits per heavy atom. The minimum absolute atomic E-state index is 0.0496. The molecule has 0 saturated heterocycles. The maximum absolute atomic E-state index is 11.8. The number of aliphatic hydroxyl groups is 2. The maximum atomic E-state index is 11.8. The molecule has 20 heavy (non-hydrogen) atoms. The van der Waals surface area contributed by atoms with Crippen molar-refractivity contribution >= 4 is 5.97 Å². The second kappa shape index (κ2) is 6.59. The van der Waals surface area contributed by atoms with Crippen molar-refractivity contribution in [2.75, 3.05) is 13.2 Å². The number of rotatable bonds is 5. The van der Waals surface area contributed by atoms with Crippen molar-refractivity contribution in [1.29, 1.82) is 0 Å². The minimum Gasteiger partial charge on any atom is -0.462 e. The zero-order chi connectivity index (χ0) is 14.7. The first kappa shape index (κ1) is 15.3. The summed E-state index contributed by atoms with van der Waals surface area (Å²) < 4.78 is 10.9. The Kier molecular flexibility index (Phi) is 5.05. The predicted molar refractivity (Wildman–Crippen MR) is 72.4 cm³/mol. The van der Waals surface area contributed by atoms with Crippen LogP contribution < -0.4 is 0 Å². The Hall–Kier alpha value is -1.07. The maximum Gasteiger partial charge on any atom is 0.309 e. The van der Waals surface area contributed by atoms with Crippen molar-refractivity contribution in [3.8, 4) is 0 Å². The molecule has 2 aliphatic rings. The summed E-state index contributed by atoms with van der Waals surface area (Å²) in [6.07, 6.45) is 3.00. The standard InChI is InChI=1S/C15H24O5/c1-9(2)5-13(18)20-15-14-10(6-16)3-4-12(14)11(7-17)8-19-15/h8-10,12,14-17H,3-7H2,1-2H3. The molecule has 0 radical (unpaired) electrons. The van der Waals surface area contributed by atoms with Crippen LogP contribution in [0.1, 0.15) is 33.1 Å². The molecule has 1 heterocycles. The van der Waals surface area contributed by atoms with Gasteiger partial charge < -0.3 is 19.7 Å². The van der Waals surface area contributed by atoms with E-state index in [0.29, 0.717) is 6.42 Å². The highest BCUT2D eigenvalue weighted by molar-refractivity contribution is 5.69. The lowest BCUT2D eigenvalue weighted by Gasteiger charge is -2.35. The summed E-state index contributed by atoms with van der Waals surface area (Å²) in [4.78, 5) is 11.8. The quantitative estimate of drug-likeness (QED) is 0.747.